The Kier molecular flexibility index (Phi) is 7.05. The van der Waals surface area contributed by atoms with Gasteiger partial charge in [0.2, 0.25) is 0 Å². The van der Waals surface area contributed by atoms with Gasteiger partial charge in [0.1, 0.15) is 0 Å². The molecule has 1 aromatic carbocycles. The molecule has 0 aliphatic rings. The Bertz CT molecular complexity index is 431. The molecule has 0 saturated carbocycles. The van der Waals surface area contributed by atoms with Crippen molar-refractivity contribution in [3.05, 3.63) is 35.4 Å². The van der Waals surface area contributed by atoms with Gasteiger partial charge in [-0.15, -0.1) is 0 Å². The Hall–Kier alpha value is -0.893. The average Bonchev–Trinajstić information content (AvgIpc) is 2.46. The molecular formula is C15H23F3O3Si. The van der Waals surface area contributed by atoms with Crippen molar-refractivity contribution in [3.8, 4) is 0 Å². The van der Waals surface area contributed by atoms with Crippen LogP contribution in [0.25, 0.3) is 0 Å². The van der Waals surface area contributed by atoms with Crippen LogP contribution in [0.5, 0.6) is 0 Å². The molecule has 0 N–H and O–H groups in total. The first-order chi connectivity index (χ1) is 10.3. The first kappa shape index (κ1) is 19.2. The van der Waals surface area contributed by atoms with Gasteiger partial charge in [-0.2, -0.15) is 13.2 Å². The largest absolute Gasteiger partial charge is 0.508 e. The van der Waals surface area contributed by atoms with Crippen LogP contribution in [0.3, 0.4) is 0 Å². The monoisotopic (exact) mass is 336 g/mol. The molecule has 3 nitrogen and oxygen atoms in total. The second-order valence-corrected chi connectivity index (χ2v) is 7.68. The molecule has 0 bridgehead atoms. The smallest absolute Gasteiger partial charge is 0.373 e. The van der Waals surface area contributed by atoms with Gasteiger partial charge in [0, 0.05) is 19.8 Å². The predicted molar refractivity (Wildman–Crippen MR) is 80.5 cm³/mol. The highest BCUT2D eigenvalue weighted by molar-refractivity contribution is 6.62. The lowest BCUT2D eigenvalue weighted by Crippen LogP contribution is -2.51. The molecule has 22 heavy (non-hydrogen) atoms. The highest BCUT2D eigenvalue weighted by atomic mass is 28.4. The summed E-state index contributed by atoms with van der Waals surface area (Å²) in [4.78, 5) is 0. The van der Waals surface area contributed by atoms with Gasteiger partial charge in [0.05, 0.1) is 11.1 Å². The van der Waals surface area contributed by atoms with Gasteiger partial charge in [-0.25, -0.2) is 0 Å². The van der Waals surface area contributed by atoms with Crippen molar-refractivity contribution in [1.82, 2.24) is 0 Å². The Labute approximate surface area is 130 Å². The molecular weight excluding hydrogens is 313 g/mol. The third-order valence-corrected chi connectivity index (χ3v) is 6.77. The van der Waals surface area contributed by atoms with Crippen LogP contribution in [0.2, 0.25) is 0 Å². The van der Waals surface area contributed by atoms with E-state index in [0.717, 1.165) is 17.7 Å². The average molecular weight is 336 g/mol. The number of benzene rings is 1. The zero-order valence-corrected chi connectivity index (χ0v) is 14.4. The fourth-order valence-corrected chi connectivity index (χ4v) is 5.08. The van der Waals surface area contributed by atoms with E-state index < -0.39 is 20.5 Å². The molecule has 1 atom stereocenters. The van der Waals surface area contributed by atoms with E-state index in [1.54, 1.807) is 0 Å². The van der Waals surface area contributed by atoms with Crippen molar-refractivity contribution >= 4 is 8.80 Å². The molecule has 0 unspecified atom stereocenters. The van der Waals surface area contributed by atoms with Crippen LogP contribution in [-0.4, -0.2) is 28.6 Å². The fraction of sp³-hybridized carbons (Fsp3) is 0.600. The molecule has 126 valence electrons. The summed E-state index contributed by atoms with van der Waals surface area (Å²) in [7, 11) is -2.98. The van der Waals surface area contributed by atoms with Crippen molar-refractivity contribution in [2.75, 3.05) is 19.8 Å². The van der Waals surface area contributed by atoms with Gasteiger partial charge >= 0.3 is 15.0 Å². The Morgan fingerprint density at radius 2 is 1.32 bits per heavy atom. The van der Waals surface area contributed by atoms with Crippen LogP contribution >= 0.6 is 0 Å². The van der Waals surface area contributed by atoms with E-state index in [-0.39, 0.29) is 5.54 Å². The summed E-state index contributed by atoms with van der Waals surface area (Å²) >= 11 is 0. The van der Waals surface area contributed by atoms with Gasteiger partial charge in [-0.3, -0.25) is 0 Å². The van der Waals surface area contributed by atoms with Crippen LogP contribution in [-0.2, 0) is 19.5 Å². The molecule has 0 aliphatic heterocycles. The van der Waals surface area contributed by atoms with E-state index in [2.05, 4.69) is 0 Å². The van der Waals surface area contributed by atoms with Crippen molar-refractivity contribution in [2.45, 2.75) is 39.4 Å². The Balaban J connectivity index is 3.09. The normalized spacial score (nSPS) is 14.1. The molecule has 0 heterocycles. The van der Waals surface area contributed by atoms with Gasteiger partial charge in [0.15, 0.2) is 0 Å². The zero-order chi connectivity index (χ0) is 16.8. The number of rotatable bonds is 8. The third kappa shape index (κ3) is 4.55. The van der Waals surface area contributed by atoms with E-state index in [0.29, 0.717) is 19.8 Å². The number of alkyl halides is 3. The maximum absolute atomic E-state index is 12.7. The van der Waals surface area contributed by atoms with Crippen LogP contribution in [0.15, 0.2) is 24.3 Å². The quantitative estimate of drug-likeness (QED) is 0.659. The minimum absolute atomic E-state index is 0.241. The number of hydrogen-bond donors (Lipinski definition) is 0. The molecule has 7 heteroatoms. The second-order valence-electron chi connectivity index (χ2n) is 4.74. The highest BCUT2D eigenvalue weighted by Gasteiger charge is 2.47. The summed E-state index contributed by atoms with van der Waals surface area (Å²) in [5.41, 5.74) is -0.190. The van der Waals surface area contributed by atoms with E-state index in [4.69, 9.17) is 13.3 Å². The van der Waals surface area contributed by atoms with Crippen molar-refractivity contribution in [1.29, 1.82) is 0 Å². The Morgan fingerprint density at radius 3 is 1.64 bits per heavy atom. The van der Waals surface area contributed by atoms with Crippen LogP contribution in [0, 0.1) is 0 Å². The lowest BCUT2D eigenvalue weighted by molar-refractivity contribution is -0.137. The fourth-order valence-electron chi connectivity index (χ4n) is 2.27. The van der Waals surface area contributed by atoms with Crippen molar-refractivity contribution in [2.24, 2.45) is 0 Å². The van der Waals surface area contributed by atoms with Crippen LogP contribution < -0.4 is 0 Å². The standard InChI is InChI=1S/C15H23F3O3Si/c1-5-19-22(20-6-2,21-7-3)12(4)13-8-10-14(11-9-13)15(16,17)18/h8-12H,5-7H2,1-4H3/t12-/m0/s1. The lowest BCUT2D eigenvalue weighted by atomic mass is 10.1. The second kappa shape index (κ2) is 8.10. The highest BCUT2D eigenvalue weighted by Crippen LogP contribution is 2.33. The van der Waals surface area contributed by atoms with E-state index >= 15 is 0 Å². The zero-order valence-electron chi connectivity index (χ0n) is 13.4. The number of halogens is 3. The molecule has 0 aromatic heterocycles. The molecule has 0 aliphatic carbocycles. The molecule has 0 radical (unpaired) electrons. The minimum Gasteiger partial charge on any atom is -0.373 e. The predicted octanol–water partition coefficient (Wildman–Crippen LogP) is 4.40. The summed E-state index contributed by atoms with van der Waals surface area (Å²) in [5, 5.41) is 0. The van der Waals surface area contributed by atoms with E-state index in [9.17, 15) is 13.2 Å². The van der Waals surface area contributed by atoms with E-state index in [1.807, 2.05) is 27.7 Å². The minimum atomic E-state index is -4.34. The molecule has 1 rings (SSSR count). The summed E-state index contributed by atoms with van der Waals surface area (Å²) in [6.07, 6.45) is -4.34. The first-order valence-electron chi connectivity index (χ1n) is 7.39. The molecule has 0 fully saturated rings. The summed E-state index contributed by atoms with van der Waals surface area (Å²) in [5.74, 6) is 0. The van der Waals surface area contributed by atoms with Gasteiger partial charge in [0.25, 0.3) is 0 Å². The van der Waals surface area contributed by atoms with Crippen LogP contribution in [0.1, 0.15) is 44.4 Å². The molecule has 0 saturated heterocycles. The third-order valence-electron chi connectivity index (χ3n) is 3.30. The topological polar surface area (TPSA) is 27.7 Å². The maximum atomic E-state index is 12.7. The first-order valence-corrected chi connectivity index (χ1v) is 9.19. The number of hydrogen-bond acceptors (Lipinski definition) is 3. The molecule has 0 spiro atoms. The van der Waals surface area contributed by atoms with Crippen molar-refractivity contribution < 1.29 is 26.4 Å². The Morgan fingerprint density at radius 1 is 0.909 bits per heavy atom. The van der Waals surface area contributed by atoms with Gasteiger partial charge in [-0.1, -0.05) is 19.1 Å². The summed E-state index contributed by atoms with van der Waals surface area (Å²) in [6.45, 7) is 8.69. The summed E-state index contributed by atoms with van der Waals surface area (Å²) < 4.78 is 55.3. The maximum Gasteiger partial charge on any atom is 0.508 e. The van der Waals surface area contributed by atoms with Gasteiger partial charge < -0.3 is 13.3 Å². The lowest BCUT2D eigenvalue weighted by Gasteiger charge is -2.33. The van der Waals surface area contributed by atoms with Gasteiger partial charge in [-0.05, 0) is 38.5 Å². The SMILES string of the molecule is CCO[Si](OCC)(OCC)[C@@H](C)c1ccc(C(F)(F)F)cc1. The summed E-state index contributed by atoms with van der Waals surface area (Å²) in [6, 6.07) is 5.09. The van der Waals surface area contributed by atoms with Crippen molar-refractivity contribution in [3.63, 3.8) is 0 Å². The van der Waals surface area contributed by atoms with Crippen LogP contribution in [0.4, 0.5) is 13.2 Å². The molecule has 0 amide bonds. The van der Waals surface area contributed by atoms with E-state index in [1.165, 1.54) is 12.1 Å². The molecule has 1 aromatic rings.